The fourth-order valence-electron chi connectivity index (χ4n) is 2.21. The number of aliphatic hydroxyl groups excluding tert-OH is 1. The van der Waals surface area contributed by atoms with Crippen LogP contribution in [0.1, 0.15) is 36.0 Å². The molecule has 5 heteroatoms. The number of halogens is 1. The molecular weight excluding hydrogens is 237 g/mol. The van der Waals surface area contributed by atoms with Crippen LogP contribution >= 0.6 is 0 Å². The van der Waals surface area contributed by atoms with Gasteiger partial charge in [-0.05, 0) is 25.0 Å². The van der Waals surface area contributed by atoms with Crippen molar-refractivity contribution in [2.75, 3.05) is 0 Å². The number of benzene rings is 1. The van der Waals surface area contributed by atoms with Crippen LogP contribution in [0.5, 0.6) is 5.75 Å². The average Bonchev–Trinajstić information content (AvgIpc) is 2.32. The minimum Gasteiger partial charge on any atom is -0.508 e. The van der Waals surface area contributed by atoms with Gasteiger partial charge in [0.05, 0.1) is 17.7 Å². The number of carbonyl (C=O) groups excluding carboxylic acids is 1. The van der Waals surface area contributed by atoms with Gasteiger partial charge in [0.15, 0.2) is 0 Å². The summed E-state index contributed by atoms with van der Waals surface area (Å²) in [5.41, 5.74) is -0.120. The Kier molecular flexibility index (Phi) is 3.81. The van der Waals surface area contributed by atoms with Gasteiger partial charge >= 0.3 is 0 Å². The first-order valence-electron chi connectivity index (χ1n) is 6.05. The zero-order chi connectivity index (χ0) is 13.1. The van der Waals surface area contributed by atoms with Crippen LogP contribution in [0.15, 0.2) is 18.2 Å². The van der Waals surface area contributed by atoms with Gasteiger partial charge in [0.1, 0.15) is 11.6 Å². The molecule has 98 valence electrons. The van der Waals surface area contributed by atoms with Gasteiger partial charge in [0.25, 0.3) is 5.91 Å². The van der Waals surface area contributed by atoms with Gasteiger partial charge in [0.2, 0.25) is 0 Å². The maximum atomic E-state index is 13.5. The van der Waals surface area contributed by atoms with Crippen LogP contribution in [-0.4, -0.2) is 28.3 Å². The van der Waals surface area contributed by atoms with Crippen LogP contribution in [0.2, 0.25) is 0 Å². The number of phenols is 1. The average molecular weight is 253 g/mol. The molecule has 0 heterocycles. The van der Waals surface area contributed by atoms with Crippen molar-refractivity contribution in [2.24, 2.45) is 0 Å². The number of phenolic OH excluding ortho intramolecular Hbond substituents is 1. The Balaban J connectivity index is 2.07. The number of amides is 1. The molecule has 0 radical (unpaired) electrons. The quantitative estimate of drug-likeness (QED) is 0.749. The summed E-state index contributed by atoms with van der Waals surface area (Å²) < 4.78 is 13.5. The van der Waals surface area contributed by atoms with Crippen molar-refractivity contribution in [3.63, 3.8) is 0 Å². The monoisotopic (exact) mass is 253 g/mol. The standard InChI is InChI=1S/C13H16FNO3/c14-10-7-8(16)5-6-9(10)13(18)15-11-3-1-2-4-12(11)17/h5-7,11-12,16-17H,1-4H2,(H,15,18)/t11-,12-/m1/s1. The zero-order valence-corrected chi connectivity index (χ0v) is 9.90. The van der Waals surface area contributed by atoms with Gasteiger partial charge in [-0.2, -0.15) is 0 Å². The SMILES string of the molecule is O=C(N[C@@H]1CCCC[C@H]1O)c1ccc(O)cc1F. The minimum atomic E-state index is -0.766. The van der Waals surface area contributed by atoms with E-state index >= 15 is 0 Å². The molecule has 1 amide bonds. The highest BCUT2D eigenvalue weighted by molar-refractivity contribution is 5.94. The maximum absolute atomic E-state index is 13.5. The van der Waals surface area contributed by atoms with Gasteiger partial charge in [-0.1, -0.05) is 12.8 Å². The number of nitrogens with one attached hydrogen (secondary N) is 1. The Morgan fingerprint density at radius 2 is 2.06 bits per heavy atom. The lowest BCUT2D eigenvalue weighted by atomic mass is 9.92. The van der Waals surface area contributed by atoms with E-state index in [0.29, 0.717) is 12.8 Å². The van der Waals surface area contributed by atoms with Crippen molar-refractivity contribution in [2.45, 2.75) is 37.8 Å². The molecule has 0 aromatic heterocycles. The first kappa shape index (κ1) is 12.8. The molecular formula is C13H16FNO3. The van der Waals surface area contributed by atoms with Crippen molar-refractivity contribution in [3.05, 3.63) is 29.6 Å². The number of hydrogen-bond donors (Lipinski definition) is 3. The molecule has 0 spiro atoms. The van der Waals surface area contributed by atoms with Crippen LogP contribution in [0.4, 0.5) is 4.39 Å². The molecule has 2 atom stereocenters. The highest BCUT2D eigenvalue weighted by Crippen LogP contribution is 2.20. The van der Waals surface area contributed by atoms with Gasteiger partial charge in [-0.25, -0.2) is 4.39 Å². The summed E-state index contributed by atoms with van der Waals surface area (Å²) in [5, 5.41) is 21.4. The van der Waals surface area contributed by atoms with E-state index in [4.69, 9.17) is 5.11 Å². The largest absolute Gasteiger partial charge is 0.508 e. The van der Waals surface area contributed by atoms with E-state index in [1.807, 2.05) is 0 Å². The van der Waals surface area contributed by atoms with E-state index in [1.165, 1.54) is 12.1 Å². The van der Waals surface area contributed by atoms with Crippen molar-refractivity contribution in [1.29, 1.82) is 0 Å². The molecule has 3 N–H and O–H groups in total. The second-order valence-corrected chi connectivity index (χ2v) is 4.60. The third-order valence-electron chi connectivity index (χ3n) is 3.24. The summed E-state index contributed by atoms with van der Waals surface area (Å²) in [7, 11) is 0. The molecule has 2 rings (SSSR count). The molecule has 0 aliphatic heterocycles. The maximum Gasteiger partial charge on any atom is 0.254 e. The van der Waals surface area contributed by atoms with E-state index in [1.54, 1.807) is 0 Å². The fourth-order valence-corrected chi connectivity index (χ4v) is 2.21. The van der Waals surface area contributed by atoms with Gasteiger partial charge in [0, 0.05) is 6.07 Å². The zero-order valence-electron chi connectivity index (χ0n) is 9.90. The summed E-state index contributed by atoms with van der Waals surface area (Å²) in [4.78, 5) is 11.8. The lowest BCUT2D eigenvalue weighted by Crippen LogP contribution is -2.45. The molecule has 4 nitrogen and oxygen atoms in total. The first-order chi connectivity index (χ1) is 8.58. The predicted octanol–water partition coefficient (Wildman–Crippen LogP) is 1.56. The van der Waals surface area contributed by atoms with Crippen LogP contribution in [0, 0.1) is 5.82 Å². The highest BCUT2D eigenvalue weighted by atomic mass is 19.1. The summed E-state index contributed by atoms with van der Waals surface area (Å²) in [6.45, 7) is 0. The summed E-state index contributed by atoms with van der Waals surface area (Å²) in [6.07, 6.45) is 2.68. The minimum absolute atomic E-state index is 0.120. The highest BCUT2D eigenvalue weighted by Gasteiger charge is 2.25. The van der Waals surface area contributed by atoms with Crippen molar-refractivity contribution >= 4 is 5.91 Å². The number of hydrogen-bond acceptors (Lipinski definition) is 3. The molecule has 1 fully saturated rings. The molecule has 18 heavy (non-hydrogen) atoms. The third-order valence-corrected chi connectivity index (χ3v) is 3.24. The summed E-state index contributed by atoms with van der Waals surface area (Å²) in [6, 6.07) is 3.07. The van der Waals surface area contributed by atoms with E-state index < -0.39 is 17.8 Å². The Labute approximate surface area is 104 Å². The van der Waals surface area contributed by atoms with Crippen LogP contribution < -0.4 is 5.32 Å². The second-order valence-electron chi connectivity index (χ2n) is 4.60. The topological polar surface area (TPSA) is 69.6 Å². The lowest BCUT2D eigenvalue weighted by molar-refractivity contribution is 0.0714. The van der Waals surface area contributed by atoms with Gasteiger partial charge < -0.3 is 15.5 Å². The summed E-state index contributed by atoms with van der Waals surface area (Å²) in [5.74, 6) is -1.54. The van der Waals surface area contributed by atoms with E-state index in [-0.39, 0.29) is 17.4 Å². The normalized spacial score (nSPS) is 23.7. The van der Waals surface area contributed by atoms with E-state index in [9.17, 15) is 14.3 Å². The molecule has 0 bridgehead atoms. The Bertz CT molecular complexity index is 450. The molecule has 1 aliphatic carbocycles. The molecule has 1 aromatic rings. The number of aromatic hydroxyl groups is 1. The van der Waals surface area contributed by atoms with Crippen LogP contribution in [0.3, 0.4) is 0 Å². The molecule has 1 aliphatic rings. The van der Waals surface area contributed by atoms with Gasteiger partial charge in [-0.3, -0.25) is 4.79 Å². The second kappa shape index (κ2) is 5.35. The molecule has 1 aromatic carbocycles. The Hall–Kier alpha value is -1.62. The third kappa shape index (κ3) is 2.79. The number of aliphatic hydroxyl groups is 1. The first-order valence-corrected chi connectivity index (χ1v) is 6.05. The van der Waals surface area contributed by atoms with Crippen LogP contribution in [0.25, 0.3) is 0 Å². The fraction of sp³-hybridized carbons (Fsp3) is 0.462. The van der Waals surface area contributed by atoms with Gasteiger partial charge in [-0.15, -0.1) is 0 Å². The lowest BCUT2D eigenvalue weighted by Gasteiger charge is -2.28. The van der Waals surface area contributed by atoms with E-state index in [2.05, 4.69) is 5.32 Å². The van der Waals surface area contributed by atoms with Crippen molar-refractivity contribution < 1.29 is 19.4 Å². The Morgan fingerprint density at radius 1 is 1.33 bits per heavy atom. The number of carbonyl (C=O) groups is 1. The number of rotatable bonds is 2. The smallest absolute Gasteiger partial charge is 0.254 e. The Morgan fingerprint density at radius 3 is 2.72 bits per heavy atom. The summed E-state index contributed by atoms with van der Waals surface area (Å²) >= 11 is 0. The van der Waals surface area contributed by atoms with Crippen molar-refractivity contribution in [3.8, 4) is 5.75 Å². The predicted molar refractivity (Wildman–Crippen MR) is 63.8 cm³/mol. The molecule has 0 saturated heterocycles. The van der Waals surface area contributed by atoms with Crippen molar-refractivity contribution in [1.82, 2.24) is 5.32 Å². The molecule has 1 saturated carbocycles. The van der Waals surface area contributed by atoms with Crippen LogP contribution in [-0.2, 0) is 0 Å². The molecule has 0 unspecified atom stereocenters. The van der Waals surface area contributed by atoms with E-state index in [0.717, 1.165) is 18.9 Å².